The van der Waals surface area contributed by atoms with Gasteiger partial charge in [0, 0.05) is 18.8 Å². The highest BCUT2D eigenvalue weighted by molar-refractivity contribution is 5.79. The Morgan fingerprint density at radius 3 is 2.61 bits per heavy atom. The highest BCUT2D eigenvalue weighted by Gasteiger charge is 2.13. The fraction of sp³-hybridized carbons (Fsp3) is 0.538. The van der Waals surface area contributed by atoms with Gasteiger partial charge in [-0.15, -0.1) is 0 Å². The minimum Gasteiger partial charge on any atom is -0.368 e. The first-order valence-corrected chi connectivity index (χ1v) is 6.13. The quantitative estimate of drug-likeness (QED) is 0.782. The molecule has 1 aromatic heterocycles. The number of carbonyl (C=O) groups excluding carboxylic acids is 1. The van der Waals surface area contributed by atoms with Crippen LogP contribution < -0.4 is 16.4 Å². The van der Waals surface area contributed by atoms with Crippen molar-refractivity contribution < 1.29 is 4.79 Å². The van der Waals surface area contributed by atoms with Crippen molar-refractivity contribution in [2.24, 2.45) is 17.4 Å². The molecule has 0 unspecified atom stereocenters. The maximum Gasteiger partial charge on any atom is 0.236 e. The SMILES string of the molecule is Cc1cc(CN)cc(N(CC(N)=O)CC(C)C)n1. The molecule has 0 aliphatic carbocycles. The summed E-state index contributed by atoms with van der Waals surface area (Å²) in [6.07, 6.45) is 0. The van der Waals surface area contributed by atoms with E-state index in [9.17, 15) is 4.79 Å². The van der Waals surface area contributed by atoms with Gasteiger partial charge in [-0.25, -0.2) is 4.98 Å². The predicted octanol–water partition coefficient (Wildman–Crippen LogP) is 0.796. The van der Waals surface area contributed by atoms with Gasteiger partial charge in [0.25, 0.3) is 0 Å². The lowest BCUT2D eigenvalue weighted by Crippen LogP contribution is -2.37. The molecule has 18 heavy (non-hydrogen) atoms. The molecule has 1 rings (SSSR count). The number of carbonyl (C=O) groups is 1. The second kappa shape index (κ2) is 6.35. The van der Waals surface area contributed by atoms with E-state index in [1.807, 2.05) is 24.0 Å². The Hall–Kier alpha value is -1.62. The summed E-state index contributed by atoms with van der Waals surface area (Å²) in [5.41, 5.74) is 12.8. The number of hydrogen-bond donors (Lipinski definition) is 2. The fourth-order valence-electron chi connectivity index (χ4n) is 1.87. The molecular formula is C13H22N4O. The van der Waals surface area contributed by atoms with Crippen LogP contribution >= 0.6 is 0 Å². The Kier molecular flexibility index (Phi) is 5.09. The van der Waals surface area contributed by atoms with Gasteiger partial charge in [-0.3, -0.25) is 4.79 Å². The number of nitrogens with two attached hydrogens (primary N) is 2. The normalized spacial score (nSPS) is 10.7. The van der Waals surface area contributed by atoms with Crippen molar-refractivity contribution in [3.8, 4) is 0 Å². The lowest BCUT2D eigenvalue weighted by Gasteiger charge is -2.25. The third-order valence-corrected chi connectivity index (χ3v) is 2.49. The van der Waals surface area contributed by atoms with Gasteiger partial charge in [0.05, 0.1) is 6.54 Å². The summed E-state index contributed by atoms with van der Waals surface area (Å²) < 4.78 is 0. The van der Waals surface area contributed by atoms with Crippen LogP contribution in [0.25, 0.3) is 0 Å². The summed E-state index contributed by atoms with van der Waals surface area (Å²) in [6, 6.07) is 3.86. The van der Waals surface area contributed by atoms with Gasteiger partial charge in [-0.2, -0.15) is 0 Å². The standard InChI is InChI=1S/C13H22N4O/c1-9(2)7-17(8-12(15)18)13-5-11(6-14)4-10(3)16-13/h4-5,9H,6-8,14H2,1-3H3,(H2,15,18). The molecule has 100 valence electrons. The molecule has 0 atom stereocenters. The van der Waals surface area contributed by atoms with E-state index in [0.717, 1.165) is 23.6 Å². The van der Waals surface area contributed by atoms with Crippen molar-refractivity contribution >= 4 is 11.7 Å². The van der Waals surface area contributed by atoms with Crippen LogP contribution in [0, 0.1) is 12.8 Å². The first-order valence-electron chi connectivity index (χ1n) is 6.13. The molecule has 0 bridgehead atoms. The number of pyridine rings is 1. The van der Waals surface area contributed by atoms with Gasteiger partial charge >= 0.3 is 0 Å². The number of hydrogen-bond acceptors (Lipinski definition) is 4. The van der Waals surface area contributed by atoms with Crippen LogP contribution in [0.3, 0.4) is 0 Å². The van der Waals surface area contributed by atoms with Crippen molar-refractivity contribution in [2.75, 3.05) is 18.0 Å². The third-order valence-electron chi connectivity index (χ3n) is 2.49. The lowest BCUT2D eigenvalue weighted by atomic mass is 10.2. The molecule has 1 amide bonds. The maximum absolute atomic E-state index is 11.1. The van der Waals surface area contributed by atoms with E-state index >= 15 is 0 Å². The van der Waals surface area contributed by atoms with Crippen LogP contribution in [0.2, 0.25) is 0 Å². The van der Waals surface area contributed by atoms with Crippen molar-refractivity contribution in [3.63, 3.8) is 0 Å². The van der Waals surface area contributed by atoms with Gasteiger partial charge in [0.2, 0.25) is 5.91 Å². The summed E-state index contributed by atoms with van der Waals surface area (Å²) in [7, 11) is 0. The Balaban J connectivity index is 3.02. The number of anilines is 1. The molecule has 1 heterocycles. The van der Waals surface area contributed by atoms with Crippen LogP contribution in [-0.4, -0.2) is 24.0 Å². The zero-order valence-electron chi connectivity index (χ0n) is 11.3. The molecule has 0 aromatic carbocycles. The number of primary amides is 1. The molecule has 0 spiro atoms. The smallest absolute Gasteiger partial charge is 0.236 e. The first kappa shape index (κ1) is 14.4. The summed E-state index contributed by atoms with van der Waals surface area (Å²) in [6.45, 7) is 7.48. The average molecular weight is 250 g/mol. The van der Waals surface area contributed by atoms with E-state index in [-0.39, 0.29) is 12.5 Å². The largest absolute Gasteiger partial charge is 0.368 e. The van der Waals surface area contributed by atoms with E-state index in [2.05, 4.69) is 18.8 Å². The Morgan fingerprint density at radius 2 is 2.11 bits per heavy atom. The maximum atomic E-state index is 11.1. The molecule has 5 nitrogen and oxygen atoms in total. The minimum atomic E-state index is -0.353. The molecule has 0 saturated heterocycles. The monoisotopic (exact) mass is 250 g/mol. The Bertz CT molecular complexity index is 417. The van der Waals surface area contributed by atoms with E-state index in [1.54, 1.807) is 0 Å². The number of aryl methyl sites for hydroxylation is 1. The van der Waals surface area contributed by atoms with Crippen LogP contribution in [0.15, 0.2) is 12.1 Å². The van der Waals surface area contributed by atoms with Crippen molar-refractivity contribution in [3.05, 3.63) is 23.4 Å². The molecule has 5 heteroatoms. The van der Waals surface area contributed by atoms with Crippen LogP contribution in [0.1, 0.15) is 25.1 Å². The Morgan fingerprint density at radius 1 is 1.44 bits per heavy atom. The third kappa shape index (κ3) is 4.33. The molecule has 4 N–H and O–H groups in total. The predicted molar refractivity (Wildman–Crippen MR) is 73.1 cm³/mol. The van der Waals surface area contributed by atoms with Crippen LogP contribution in [0.5, 0.6) is 0 Å². The molecular weight excluding hydrogens is 228 g/mol. The molecule has 0 saturated carbocycles. The van der Waals surface area contributed by atoms with Gasteiger partial charge in [-0.1, -0.05) is 13.8 Å². The summed E-state index contributed by atoms with van der Waals surface area (Å²) >= 11 is 0. The lowest BCUT2D eigenvalue weighted by molar-refractivity contribution is -0.116. The van der Waals surface area contributed by atoms with Crippen molar-refractivity contribution in [2.45, 2.75) is 27.3 Å². The van der Waals surface area contributed by atoms with Gasteiger partial charge in [0.1, 0.15) is 5.82 Å². The second-order valence-electron chi connectivity index (χ2n) is 4.92. The highest BCUT2D eigenvalue weighted by atomic mass is 16.1. The van der Waals surface area contributed by atoms with Gasteiger partial charge in [0.15, 0.2) is 0 Å². The zero-order valence-corrected chi connectivity index (χ0v) is 11.3. The van der Waals surface area contributed by atoms with Gasteiger partial charge < -0.3 is 16.4 Å². The molecule has 0 aliphatic heterocycles. The van der Waals surface area contributed by atoms with E-state index in [1.165, 1.54) is 0 Å². The zero-order chi connectivity index (χ0) is 13.7. The molecule has 0 aliphatic rings. The highest BCUT2D eigenvalue weighted by Crippen LogP contribution is 2.16. The van der Waals surface area contributed by atoms with Crippen LogP contribution in [0.4, 0.5) is 5.82 Å². The second-order valence-corrected chi connectivity index (χ2v) is 4.92. The number of amides is 1. The van der Waals surface area contributed by atoms with Gasteiger partial charge in [-0.05, 0) is 30.5 Å². The average Bonchev–Trinajstić information content (AvgIpc) is 2.26. The van der Waals surface area contributed by atoms with Crippen LogP contribution in [-0.2, 0) is 11.3 Å². The van der Waals surface area contributed by atoms with E-state index < -0.39 is 0 Å². The number of rotatable bonds is 6. The topological polar surface area (TPSA) is 85.2 Å². The summed E-state index contributed by atoms with van der Waals surface area (Å²) in [4.78, 5) is 17.5. The Labute approximate surface area is 108 Å². The van der Waals surface area contributed by atoms with Crippen molar-refractivity contribution in [1.82, 2.24) is 4.98 Å². The van der Waals surface area contributed by atoms with E-state index in [4.69, 9.17) is 11.5 Å². The summed E-state index contributed by atoms with van der Waals surface area (Å²) in [5, 5.41) is 0. The number of aromatic nitrogens is 1. The number of nitrogens with zero attached hydrogens (tertiary/aromatic N) is 2. The minimum absolute atomic E-state index is 0.179. The fourth-order valence-corrected chi connectivity index (χ4v) is 1.87. The summed E-state index contributed by atoms with van der Waals surface area (Å²) in [5.74, 6) is 0.837. The molecule has 0 fully saturated rings. The van der Waals surface area contributed by atoms with Crippen molar-refractivity contribution in [1.29, 1.82) is 0 Å². The first-order chi connectivity index (χ1) is 8.42. The molecule has 1 aromatic rings. The van der Waals surface area contributed by atoms with E-state index in [0.29, 0.717) is 12.5 Å². The molecule has 0 radical (unpaired) electrons.